The quantitative estimate of drug-likeness (QED) is 0.347. The first kappa shape index (κ1) is 25.0. The van der Waals surface area contributed by atoms with Gasteiger partial charge in [0, 0.05) is 12.3 Å². The van der Waals surface area contributed by atoms with Crippen molar-refractivity contribution in [1.82, 2.24) is 25.5 Å². The summed E-state index contributed by atoms with van der Waals surface area (Å²) in [6.07, 6.45) is 3.38. The van der Waals surface area contributed by atoms with E-state index in [4.69, 9.17) is 14.2 Å². The molecule has 14 heteroatoms. The summed E-state index contributed by atoms with van der Waals surface area (Å²) in [6.45, 7) is 1.30. The van der Waals surface area contributed by atoms with Crippen molar-refractivity contribution in [2.24, 2.45) is 5.92 Å². The first-order valence-electron chi connectivity index (χ1n) is 12.5. The molecule has 2 unspecified atom stereocenters. The second-order valence-corrected chi connectivity index (χ2v) is 9.60. The van der Waals surface area contributed by atoms with E-state index >= 15 is 4.39 Å². The van der Waals surface area contributed by atoms with Crippen LogP contribution in [0.2, 0.25) is 0 Å². The molecular weight excluding hydrogens is 516 g/mol. The molecule has 1 aliphatic carbocycles. The smallest absolute Gasteiger partial charge is 0.415 e. The fourth-order valence-electron chi connectivity index (χ4n) is 4.96. The summed E-state index contributed by atoms with van der Waals surface area (Å²) >= 11 is 0. The van der Waals surface area contributed by atoms with Crippen LogP contribution in [0.15, 0.2) is 24.5 Å². The van der Waals surface area contributed by atoms with Gasteiger partial charge >= 0.3 is 6.09 Å². The van der Waals surface area contributed by atoms with Gasteiger partial charge in [0.2, 0.25) is 0 Å². The number of nitrogens with zero attached hydrogens (tertiary/aromatic N) is 4. The molecule has 3 aliphatic rings. The molecule has 3 aromatic rings. The van der Waals surface area contributed by atoms with Gasteiger partial charge in [0.05, 0.1) is 18.4 Å². The second-order valence-electron chi connectivity index (χ2n) is 9.60. The van der Waals surface area contributed by atoms with Crippen molar-refractivity contribution < 1.29 is 32.6 Å². The predicted molar refractivity (Wildman–Crippen MR) is 131 cm³/mol. The number of hydrogen-bond acceptors (Lipinski definition) is 9. The van der Waals surface area contributed by atoms with Gasteiger partial charge in [-0.2, -0.15) is 5.10 Å². The van der Waals surface area contributed by atoms with Crippen molar-refractivity contribution in [3.05, 3.63) is 53.0 Å². The summed E-state index contributed by atoms with van der Waals surface area (Å²) in [5, 5.41) is 12.4. The van der Waals surface area contributed by atoms with Gasteiger partial charge in [0.15, 0.2) is 29.8 Å². The van der Waals surface area contributed by atoms with Crippen LogP contribution < -0.4 is 25.0 Å². The highest BCUT2D eigenvalue weighted by molar-refractivity contribution is 5.94. The standard InChI is InChI=1S/C25H25F2N7O5/c26-18-7-19(37-11-14-1-4-30-33-14)22(27)17-6-13(5-16(17)18)8-28-3-2-15-10-34(25(36)39-15)20-9-29-24-23(31-20)32-21(35)12-38-24/h1,4,7,9,13,15,28H,2-3,5-6,8,10-12H2,(H,30,33)(H,31,32,35). The second kappa shape index (κ2) is 10.4. The highest BCUT2D eigenvalue weighted by atomic mass is 19.1. The molecule has 12 nitrogen and oxygen atoms in total. The lowest BCUT2D eigenvalue weighted by molar-refractivity contribution is -0.118. The number of carbonyl (C=O) groups excluding carboxylic acids is 2. The van der Waals surface area contributed by atoms with Gasteiger partial charge < -0.3 is 24.8 Å². The lowest BCUT2D eigenvalue weighted by atomic mass is 10.1. The number of H-pyrrole nitrogens is 1. The van der Waals surface area contributed by atoms with Gasteiger partial charge in [-0.1, -0.05) is 0 Å². The number of carbonyl (C=O) groups is 2. The van der Waals surface area contributed by atoms with E-state index in [0.717, 1.165) is 6.07 Å². The number of aromatic amines is 1. The molecule has 0 radical (unpaired) electrons. The Morgan fingerprint density at radius 3 is 2.95 bits per heavy atom. The van der Waals surface area contributed by atoms with Crippen molar-refractivity contribution in [2.45, 2.75) is 32.0 Å². The summed E-state index contributed by atoms with van der Waals surface area (Å²) in [6, 6.07) is 2.81. The SMILES string of the molecule is O=C1COc2ncc(N3CC(CCNCC4Cc5c(F)cc(OCc6ccn[nH]6)c(F)c5C4)OC3=O)nc2N1. The zero-order valence-corrected chi connectivity index (χ0v) is 20.7. The molecule has 0 bridgehead atoms. The van der Waals surface area contributed by atoms with E-state index < -0.39 is 17.7 Å². The van der Waals surface area contributed by atoms with E-state index in [2.05, 4.69) is 30.8 Å². The van der Waals surface area contributed by atoms with Gasteiger partial charge in [-0.05, 0) is 55.5 Å². The number of anilines is 2. The maximum Gasteiger partial charge on any atom is 0.415 e. The number of aromatic nitrogens is 4. The van der Waals surface area contributed by atoms with E-state index in [1.165, 1.54) is 11.1 Å². The minimum atomic E-state index is -0.556. The van der Waals surface area contributed by atoms with Crippen LogP contribution in [-0.4, -0.2) is 64.5 Å². The van der Waals surface area contributed by atoms with Gasteiger partial charge in [-0.25, -0.2) is 23.5 Å². The number of rotatable bonds is 9. The molecule has 4 heterocycles. The normalized spacial score (nSPS) is 19.8. The summed E-state index contributed by atoms with van der Waals surface area (Å²) in [7, 11) is 0. The average Bonchev–Trinajstić information content (AvgIpc) is 3.68. The molecule has 0 saturated carbocycles. The van der Waals surface area contributed by atoms with Crippen molar-refractivity contribution in [3.63, 3.8) is 0 Å². The van der Waals surface area contributed by atoms with Crippen LogP contribution in [-0.2, 0) is 29.0 Å². The molecule has 0 spiro atoms. The van der Waals surface area contributed by atoms with Gasteiger partial charge in [0.25, 0.3) is 11.8 Å². The fraction of sp³-hybridized carbons (Fsp3) is 0.400. The van der Waals surface area contributed by atoms with Gasteiger partial charge in [0.1, 0.15) is 18.5 Å². The van der Waals surface area contributed by atoms with Crippen molar-refractivity contribution in [2.75, 3.05) is 36.5 Å². The van der Waals surface area contributed by atoms with Crippen molar-refractivity contribution in [1.29, 1.82) is 0 Å². The monoisotopic (exact) mass is 541 g/mol. The molecule has 2 aliphatic heterocycles. The molecule has 2 amide bonds. The van der Waals surface area contributed by atoms with Crippen LogP contribution in [0.3, 0.4) is 0 Å². The maximum atomic E-state index is 15.0. The van der Waals surface area contributed by atoms with Crippen LogP contribution in [0.25, 0.3) is 0 Å². The van der Waals surface area contributed by atoms with E-state index in [0.29, 0.717) is 49.2 Å². The summed E-state index contributed by atoms with van der Waals surface area (Å²) < 4.78 is 45.9. The molecule has 3 N–H and O–H groups in total. The predicted octanol–water partition coefficient (Wildman–Crippen LogP) is 2.11. The third kappa shape index (κ3) is 5.19. The summed E-state index contributed by atoms with van der Waals surface area (Å²) in [5.41, 5.74) is 1.41. The van der Waals surface area contributed by atoms with E-state index in [9.17, 15) is 14.0 Å². The lowest BCUT2D eigenvalue weighted by Gasteiger charge is -2.18. The number of ether oxygens (including phenoxy) is 3. The fourth-order valence-corrected chi connectivity index (χ4v) is 4.96. The summed E-state index contributed by atoms with van der Waals surface area (Å²) in [5.74, 6) is -0.830. The van der Waals surface area contributed by atoms with E-state index in [-0.39, 0.29) is 61.0 Å². The topological polar surface area (TPSA) is 144 Å². The number of fused-ring (bicyclic) bond motifs is 2. The lowest BCUT2D eigenvalue weighted by Crippen LogP contribution is -2.30. The minimum absolute atomic E-state index is 0.0256. The Morgan fingerprint density at radius 1 is 1.23 bits per heavy atom. The first-order valence-corrected chi connectivity index (χ1v) is 12.5. The number of hydrogen-bond donors (Lipinski definition) is 3. The number of nitrogens with one attached hydrogen (secondary N) is 3. The zero-order valence-electron chi connectivity index (χ0n) is 20.7. The molecule has 2 aromatic heterocycles. The number of cyclic esters (lactones) is 1. The first-order chi connectivity index (χ1) is 18.9. The van der Waals surface area contributed by atoms with E-state index in [1.54, 1.807) is 12.3 Å². The van der Waals surface area contributed by atoms with Crippen LogP contribution >= 0.6 is 0 Å². The molecular formula is C25H25F2N7O5. The Bertz CT molecular complexity index is 1400. The maximum absolute atomic E-state index is 15.0. The Labute approximate surface area is 221 Å². The summed E-state index contributed by atoms with van der Waals surface area (Å²) in [4.78, 5) is 33.7. The Balaban J connectivity index is 0.983. The molecule has 1 fully saturated rings. The molecule has 204 valence electrons. The highest BCUT2D eigenvalue weighted by Gasteiger charge is 2.34. The Hall–Kier alpha value is -4.33. The molecule has 2 atom stereocenters. The number of halogens is 2. The van der Waals surface area contributed by atoms with E-state index in [1.807, 2.05) is 0 Å². The third-order valence-electron chi connectivity index (χ3n) is 6.87. The highest BCUT2D eigenvalue weighted by Crippen LogP contribution is 2.36. The number of benzene rings is 1. The Morgan fingerprint density at radius 2 is 2.10 bits per heavy atom. The molecule has 6 rings (SSSR count). The zero-order chi connectivity index (χ0) is 26.9. The van der Waals surface area contributed by atoms with Crippen molar-refractivity contribution >= 4 is 23.6 Å². The van der Waals surface area contributed by atoms with Gasteiger partial charge in [-0.3, -0.25) is 14.8 Å². The van der Waals surface area contributed by atoms with Crippen molar-refractivity contribution in [3.8, 4) is 11.6 Å². The number of amides is 2. The Kier molecular flexibility index (Phi) is 6.69. The van der Waals surface area contributed by atoms with Crippen LogP contribution in [0.5, 0.6) is 11.6 Å². The minimum Gasteiger partial charge on any atom is -0.484 e. The third-order valence-corrected chi connectivity index (χ3v) is 6.87. The molecule has 1 saturated heterocycles. The van der Waals surface area contributed by atoms with Crippen LogP contribution in [0.1, 0.15) is 23.2 Å². The van der Waals surface area contributed by atoms with Gasteiger partial charge in [-0.15, -0.1) is 0 Å². The average molecular weight is 542 g/mol. The molecule has 39 heavy (non-hydrogen) atoms. The molecule has 1 aromatic carbocycles. The van der Waals surface area contributed by atoms with Crippen LogP contribution in [0.4, 0.5) is 25.2 Å². The van der Waals surface area contributed by atoms with Crippen LogP contribution in [0, 0.1) is 17.6 Å². The largest absolute Gasteiger partial charge is 0.484 e.